The van der Waals surface area contributed by atoms with E-state index in [1.807, 2.05) is 93.6 Å². The number of piperidine rings is 1. The SMILES string of the molecule is CNCCN(C)C(=O)c1sc(NCCCCCC(=O)N(C)CCN2CCC(OC(=O)Nc3ccccc3-c3ccccc3)CC2)cc1C. The minimum absolute atomic E-state index is 0.0588. The molecular formula is C37H52N6O4S. The van der Waals surface area contributed by atoms with Crippen LogP contribution in [0, 0.1) is 6.92 Å². The molecule has 4 rings (SSSR count). The summed E-state index contributed by atoms with van der Waals surface area (Å²) in [5.41, 5.74) is 3.73. The zero-order chi connectivity index (χ0) is 34.3. The number of likely N-dealkylation sites (N-methyl/N-ethyl adjacent to an activating group) is 3. The molecule has 2 aromatic carbocycles. The number of ether oxygens (including phenoxy) is 1. The summed E-state index contributed by atoms with van der Waals surface area (Å²) in [6.07, 6.45) is 4.33. The topological polar surface area (TPSA) is 106 Å². The molecular weight excluding hydrogens is 625 g/mol. The summed E-state index contributed by atoms with van der Waals surface area (Å²) >= 11 is 1.51. The third-order valence-electron chi connectivity index (χ3n) is 8.76. The largest absolute Gasteiger partial charge is 0.446 e. The smallest absolute Gasteiger partial charge is 0.411 e. The molecule has 0 atom stereocenters. The van der Waals surface area contributed by atoms with E-state index in [0.29, 0.717) is 19.5 Å². The normalized spacial score (nSPS) is 13.6. The molecule has 3 N–H and O–H groups in total. The number of amides is 3. The maximum Gasteiger partial charge on any atom is 0.411 e. The molecule has 1 aliphatic heterocycles. The first-order chi connectivity index (χ1) is 23.2. The third-order valence-corrected chi connectivity index (χ3v) is 9.94. The summed E-state index contributed by atoms with van der Waals surface area (Å²) in [5, 5.41) is 10.5. The fourth-order valence-electron chi connectivity index (χ4n) is 5.74. The quantitative estimate of drug-likeness (QED) is 0.147. The molecule has 0 unspecified atom stereocenters. The molecule has 0 spiro atoms. The molecule has 48 heavy (non-hydrogen) atoms. The van der Waals surface area contributed by atoms with Crippen molar-refractivity contribution >= 4 is 39.9 Å². The van der Waals surface area contributed by atoms with Crippen LogP contribution in [0.4, 0.5) is 15.5 Å². The van der Waals surface area contributed by atoms with E-state index in [4.69, 9.17) is 4.74 Å². The molecule has 10 nitrogen and oxygen atoms in total. The Bertz CT molecular complexity index is 1460. The first-order valence-electron chi connectivity index (χ1n) is 17.1. The van der Waals surface area contributed by atoms with E-state index in [1.165, 1.54) is 11.3 Å². The number of rotatable bonds is 17. The van der Waals surface area contributed by atoms with E-state index in [0.717, 1.165) is 97.1 Å². The molecule has 0 bridgehead atoms. The molecule has 0 saturated carbocycles. The molecule has 1 aromatic heterocycles. The van der Waals surface area contributed by atoms with Gasteiger partial charge in [0.05, 0.1) is 15.6 Å². The van der Waals surface area contributed by atoms with Gasteiger partial charge in [0.15, 0.2) is 0 Å². The minimum Gasteiger partial charge on any atom is -0.446 e. The lowest BCUT2D eigenvalue weighted by atomic mass is 10.0. The number of nitrogens with zero attached hydrogens (tertiary/aromatic N) is 3. The second-order valence-corrected chi connectivity index (χ2v) is 13.5. The third kappa shape index (κ3) is 11.4. The van der Waals surface area contributed by atoms with E-state index >= 15 is 0 Å². The Morgan fingerprint density at radius 2 is 1.65 bits per heavy atom. The van der Waals surface area contributed by atoms with Crippen molar-refractivity contribution < 1.29 is 19.1 Å². The van der Waals surface area contributed by atoms with Crippen molar-refractivity contribution in [1.29, 1.82) is 0 Å². The van der Waals surface area contributed by atoms with E-state index in [1.54, 1.807) is 4.90 Å². The van der Waals surface area contributed by atoms with Gasteiger partial charge in [-0.15, -0.1) is 11.3 Å². The number of unbranched alkanes of at least 4 members (excludes halogenated alkanes) is 2. The van der Waals surface area contributed by atoms with Crippen LogP contribution in [-0.2, 0) is 9.53 Å². The van der Waals surface area contributed by atoms with Crippen molar-refractivity contribution in [3.8, 4) is 11.1 Å². The van der Waals surface area contributed by atoms with Crippen LogP contribution in [0.15, 0.2) is 60.7 Å². The number of aryl methyl sites for hydroxylation is 1. The van der Waals surface area contributed by atoms with Gasteiger partial charge in [-0.25, -0.2) is 4.79 Å². The van der Waals surface area contributed by atoms with Crippen LogP contribution in [0.25, 0.3) is 11.1 Å². The van der Waals surface area contributed by atoms with Crippen LogP contribution < -0.4 is 16.0 Å². The van der Waals surface area contributed by atoms with Crippen molar-refractivity contribution in [2.75, 3.05) is 77.6 Å². The standard InChI is InChI=1S/C37H52N6O4S/c1-28-27-33(48-35(28)36(45)42(4)24-21-38-2)39-20-12-6-9-17-34(44)41(3)25-26-43-22-18-30(19-23-43)47-37(46)40-32-16-11-10-15-31(32)29-13-7-5-8-14-29/h5,7-8,10-11,13-16,27,30,38-39H,6,9,12,17-26H2,1-4H3,(H,40,46). The van der Waals surface area contributed by atoms with Crippen LogP contribution >= 0.6 is 11.3 Å². The van der Waals surface area contributed by atoms with Gasteiger partial charge in [0, 0.05) is 71.9 Å². The number of likely N-dealkylation sites (tertiary alicyclic amines) is 1. The number of carbonyl (C=O) groups is 3. The summed E-state index contributed by atoms with van der Waals surface area (Å²) in [5.74, 6) is 0.233. The van der Waals surface area contributed by atoms with E-state index in [-0.39, 0.29) is 17.9 Å². The molecule has 1 aliphatic rings. The van der Waals surface area contributed by atoms with Gasteiger partial charge in [-0.2, -0.15) is 0 Å². The highest BCUT2D eigenvalue weighted by Crippen LogP contribution is 2.29. The Kier molecular flexibility index (Phi) is 14.7. The lowest BCUT2D eigenvalue weighted by Gasteiger charge is -2.32. The van der Waals surface area contributed by atoms with Gasteiger partial charge in [0.1, 0.15) is 6.10 Å². The molecule has 11 heteroatoms. The molecule has 3 amide bonds. The van der Waals surface area contributed by atoms with Crippen LogP contribution in [0.1, 0.15) is 53.8 Å². The number of para-hydroxylation sites is 1. The molecule has 0 aliphatic carbocycles. The second kappa shape index (κ2) is 19.2. The average Bonchev–Trinajstić information content (AvgIpc) is 3.48. The molecule has 3 aromatic rings. The molecule has 2 heterocycles. The zero-order valence-corrected chi connectivity index (χ0v) is 29.7. The molecule has 260 valence electrons. The van der Waals surface area contributed by atoms with Gasteiger partial charge in [-0.05, 0) is 62.9 Å². The highest BCUT2D eigenvalue weighted by molar-refractivity contribution is 7.18. The number of hydrogen-bond acceptors (Lipinski definition) is 8. The molecule has 0 radical (unpaired) electrons. The number of benzene rings is 2. The Labute approximate surface area is 289 Å². The predicted molar refractivity (Wildman–Crippen MR) is 196 cm³/mol. The van der Waals surface area contributed by atoms with Crippen LogP contribution in [0.3, 0.4) is 0 Å². The molecule has 1 fully saturated rings. The van der Waals surface area contributed by atoms with E-state index < -0.39 is 6.09 Å². The molecule has 1 saturated heterocycles. The number of anilines is 2. The summed E-state index contributed by atoms with van der Waals surface area (Å²) in [6.45, 7) is 7.40. The number of hydrogen-bond donors (Lipinski definition) is 3. The fourth-order valence-corrected chi connectivity index (χ4v) is 6.83. The number of nitrogens with one attached hydrogen (secondary N) is 3. The number of thiophene rings is 1. The summed E-state index contributed by atoms with van der Waals surface area (Å²) < 4.78 is 5.77. The first kappa shape index (κ1) is 36.9. The second-order valence-electron chi connectivity index (χ2n) is 12.5. The van der Waals surface area contributed by atoms with Crippen molar-refractivity contribution in [3.63, 3.8) is 0 Å². The lowest BCUT2D eigenvalue weighted by Crippen LogP contribution is -2.42. The average molecular weight is 677 g/mol. The maximum atomic E-state index is 12.7. The number of carbonyl (C=O) groups excluding carboxylic acids is 3. The lowest BCUT2D eigenvalue weighted by molar-refractivity contribution is -0.130. The van der Waals surface area contributed by atoms with Gasteiger partial charge in [-0.1, -0.05) is 55.0 Å². The van der Waals surface area contributed by atoms with Crippen LogP contribution in [-0.4, -0.2) is 106 Å². The van der Waals surface area contributed by atoms with Crippen LogP contribution in [0.2, 0.25) is 0 Å². The maximum absolute atomic E-state index is 12.7. The van der Waals surface area contributed by atoms with Crippen molar-refractivity contribution in [1.82, 2.24) is 20.0 Å². The highest BCUT2D eigenvalue weighted by Gasteiger charge is 2.23. The van der Waals surface area contributed by atoms with Crippen LogP contribution in [0.5, 0.6) is 0 Å². The van der Waals surface area contributed by atoms with Gasteiger partial charge < -0.3 is 30.1 Å². The Balaban J connectivity index is 1.06. The van der Waals surface area contributed by atoms with E-state index in [2.05, 4.69) is 20.9 Å². The monoisotopic (exact) mass is 676 g/mol. The fraction of sp³-hybridized carbons (Fsp3) is 0.486. The summed E-state index contributed by atoms with van der Waals surface area (Å²) in [4.78, 5) is 44.9. The minimum atomic E-state index is -0.426. The predicted octanol–water partition coefficient (Wildman–Crippen LogP) is 6.16. The Morgan fingerprint density at radius 3 is 2.40 bits per heavy atom. The van der Waals surface area contributed by atoms with Crippen molar-refractivity contribution in [3.05, 3.63) is 71.1 Å². The van der Waals surface area contributed by atoms with Gasteiger partial charge in [-0.3, -0.25) is 14.9 Å². The summed E-state index contributed by atoms with van der Waals surface area (Å²) in [6, 6.07) is 19.8. The van der Waals surface area contributed by atoms with E-state index in [9.17, 15) is 14.4 Å². The highest BCUT2D eigenvalue weighted by atomic mass is 32.1. The first-order valence-corrected chi connectivity index (χ1v) is 17.9. The summed E-state index contributed by atoms with van der Waals surface area (Å²) in [7, 11) is 5.60. The zero-order valence-electron chi connectivity index (χ0n) is 28.9. The van der Waals surface area contributed by atoms with Gasteiger partial charge >= 0.3 is 6.09 Å². The van der Waals surface area contributed by atoms with Crippen molar-refractivity contribution in [2.24, 2.45) is 0 Å². The van der Waals surface area contributed by atoms with Gasteiger partial charge in [0.2, 0.25) is 5.91 Å². The Morgan fingerprint density at radius 1 is 0.917 bits per heavy atom. The van der Waals surface area contributed by atoms with Gasteiger partial charge in [0.25, 0.3) is 5.91 Å². The van der Waals surface area contributed by atoms with Crippen molar-refractivity contribution in [2.45, 2.75) is 51.6 Å². The Hall–Kier alpha value is -3.93.